The quantitative estimate of drug-likeness (QED) is 0.0956. The molecule has 8 heterocycles. The largest absolute Gasteiger partial charge is 0.309 e. The van der Waals surface area contributed by atoms with Crippen LogP contribution < -0.4 is 0 Å². The van der Waals surface area contributed by atoms with Crippen LogP contribution in [0.4, 0.5) is 0 Å². The Labute approximate surface area is 830 Å². The Bertz CT molecular complexity index is 9740. The smallest absolute Gasteiger partial charge is 0.164 e. The fraction of sp³-hybridized carbons (Fsp3) is 0. The van der Waals surface area contributed by atoms with E-state index in [2.05, 4.69) is 479 Å². The minimum absolute atomic E-state index is 0.604. The van der Waals surface area contributed by atoms with Gasteiger partial charge in [0.15, 0.2) is 17.5 Å². The molecule has 144 heavy (non-hydrogen) atoms. The van der Waals surface area contributed by atoms with E-state index in [1.165, 1.54) is 81.7 Å². The monoisotopic (exact) mass is 1830 g/mol. The first kappa shape index (κ1) is 83.9. The van der Waals surface area contributed by atoms with E-state index in [9.17, 15) is 0 Å². The molecule has 20 aromatic carbocycles. The molecule has 0 atom stereocenters. The van der Waals surface area contributed by atoms with Crippen molar-refractivity contribution < 1.29 is 0 Å². The molecule has 8 aromatic heterocycles. The molecule has 0 N–H and O–H groups in total. The number of hydrogen-bond acceptors (Lipinski definition) is 6. The van der Waals surface area contributed by atoms with E-state index < -0.39 is 0 Å². The van der Waals surface area contributed by atoms with Gasteiger partial charge in [0, 0.05) is 116 Å². The third-order valence-electron chi connectivity index (χ3n) is 28.2. The average Bonchev–Trinajstić information content (AvgIpc) is 1.54. The Hall–Kier alpha value is -19.4. The van der Waals surface area contributed by atoms with Crippen molar-refractivity contribution in [3.05, 3.63) is 522 Å². The number of para-hydroxylation sites is 8. The normalized spacial score (nSPS) is 11.6. The summed E-state index contributed by atoms with van der Waals surface area (Å²) in [5, 5.41) is 11.8. The fourth-order valence-electron chi connectivity index (χ4n) is 21.4. The minimum atomic E-state index is 0.604. The van der Waals surface area contributed by atoms with Crippen LogP contribution in [0.3, 0.4) is 0 Å². The van der Waals surface area contributed by atoms with Crippen LogP contribution in [0.5, 0.6) is 0 Å². The molecule has 0 aliphatic rings. The van der Waals surface area contributed by atoms with E-state index in [1.807, 2.05) is 60.7 Å². The Kier molecular flexibility index (Phi) is 20.7. The van der Waals surface area contributed by atoms with Crippen molar-refractivity contribution in [3.63, 3.8) is 0 Å². The molecule has 0 bridgehead atoms. The highest BCUT2D eigenvalue weighted by Crippen LogP contribution is 2.46. The lowest BCUT2D eigenvalue weighted by atomic mass is 9.93. The first-order valence-corrected chi connectivity index (χ1v) is 48.8. The Morgan fingerprint density at radius 1 is 0.118 bits per heavy atom. The van der Waals surface area contributed by atoms with Gasteiger partial charge in [-0.05, 0) is 232 Å². The zero-order valence-corrected chi connectivity index (χ0v) is 78.1. The zero-order chi connectivity index (χ0) is 95.1. The molecule has 0 aliphatic carbocycles. The van der Waals surface area contributed by atoms with Gasteiger partial charge in [0.2, 0.25) is 0 Å². The van der Waals surface area contributed by atoms with Crippen molar-refractivity contribution >= 4 is 109 Å². The Morgan fingerprint density at radius 3 is 0.729 bits per heavy atom. The molecule has 0 saturated heterocycles. The maximum absolute atomic E-state index is 5.47. The molecule has 10 heteroatoms. The first-order valence-electron chi connectivity index (χ1n) is 48.8. The first-order chi connectivity index (χ1) is 71.4. The summed E-state index contributed by atoms with van der Waals surface area (Å²) in [6, 6.07) is 186. The average molecular weight is 1840 g/mol. The van der Waals surface area contributed by atoms with E-state index >= 15 is 0 Å². The number of pyridine rings is 3. The summed E-state index contributed by atoms with van der Waals surface area (Å²) in [4.78, 5) is 31.3. The topological polar surface area (TPSA) is 97.1 Å². The molecule has 0 unspecified atom stereocenters. The van der Waals surface area contributed by atoms with Crippen LogP contribution in [0, 0.1) is 0 Å². The second-order valence-electron chi connectivity index (χ2n) is 36.8. The maximum Gasteiger partial charge on any atom is 0.164 e. The molecule has 0 saturated carbocycles. The number of benzene rings is 20. The molecule has 0 radical (unpaired) electrons. The van der Waals surface area contributed by atoms with Gasteiger partial charge in [-0.3, -0.25) is 0 Å². The fourth-order valence-corrected chi connectivity index (χ4v) is 21.4. The van der Waals surface area contributed by atoms with Crippen LogP contribution in [0.1, 0.15) is 0 Å². The zero-order valence-electron chi connectivity index (χ0n) is 78.1. The third kappa shape index (κ3) is 15.1. The second-order valence-corrected chi connectivity index (χ2v) is 36.8. The molecule has 0 amide bonds. The van der Waals surface area contributed by atoms with Gasteiger partial charge in [0.1, 0.15) is 0 Å². The van der Waals surface area contributed by atoms with Gasteiger partial charge in [-0.1, -0.05) is 346 Å². The Balaban J connectivity index is 0.000000143. The summed E-state index contributed by atoms with van der Waals surface area (Å²) in [5.41, 5.74) is 37.7. The van der Waals surface area contributed by atoms with Crippen molar-refractivity contribution in [1.82, 2.24) is 48.2 Å². The summed E-state index contributed by atoms with van der Waals surface area (Å²) < 4.78 is 9.45. The predicted molar refractivity (Wildman–Crippen MR) is 597 cm³/mol. The van der Waals surface area contributed by atoms with E-state index in [-0.39, 0.29) is 0 Å². The molecule has 28 rings (SSSR count). The Morgan fingerprint density at radius 2 is 0.368 bits per heavy atom. The highest BCUT2D eigenvalue weighted by molar-refractivity contribution is 6.15. The lowest BCUT2D eigenvalue weighted by molar-refractivity contribution is 1.07. The van der Waals surface area contributed by atoms with Crippen molar-refractivity contribution in [3.8, 4) is 158 Å². The predicted octanol–water partition coefficient (Wildman–Crippen LogP) is 34.4. The van der Waals surface area contributed by atoms with Gasteiger partial charge in [-0.15, -0.1) is 0 Å². The summed E-state index contributed by atoms with van der Waals surface area (Å²) in [5.74, 6) is 1.85. The van der Waals surface area contributed by atoms with E-state index in [1.54, 1.807) is 0 Å². The standard InChI is InChI=1S/C68H44N4.C66H42N6/c1-5-17-47(18-6-1)62-42-52(43-63(70-62)48-19-7-2-8-20-48)45-29-31-46(32-30-45)57-44-64(51-35-38-68-60(41-51)56-26-14-16-28-66(56)72(68)54-23-11-4-12-24-54)69-61-36-33-49(39-58(57)61)50-34-37-67-59(40-50)55-25-13-15-27-65(55)71(67)53-21-9-3-10-22-53;1-5-18-43(19-6-1)64-68-65(44-20-7-2-8-21-44)70-66(69-64)49-23-17-22-47(38-49)54-42-59(48-34-37-63-57(41-48)53-29-14-16-31-61(53)72(63)51-26-11-4-12-27-51)67-58-35-32-45(39-55(54)58)46-33-36-62-56(40-46)52-28-13-15-30-60(52)71(62)50-24-9-3-10-25-50/h1-44H;1-42H. The lowest BCUT2D eigenvalue weighted by Gasteiger charge is -2.14. The van der Waals surface area contributed by atoms with Gasteiger partial charge < -0.3 is 18.3 Å². The van der Waals surface area contributed by atoms with Gasteiger partial charge in [0.05, 0.1) is 77.9 Å². The molecule has 0 fully saturated rings. The molecular weight excluding hydrogens is 1750 g/mol. The summed E-state index contributed by atoms with van der Waals surface area (Å²) in [7, 11) is 0. The highest BCUT2D eigenvalue weighted by Gasteiger charge is 2.25. The molecule has 672 valence electrons. The van der Waals surface area contributed by atoms with E-state index in [0.717, 1.165) is 167 Å². The lowest BCUT2D eigenvalue weighted by Crippen LogP contribution is -2.00. The van der Waals surface area contributed by atoms with E-state index in [4.69, 9.17) is 29.9 Å². The van der Waals surface area contributed by atoms with Crippen LogP contribution in [-0.2, 0) is 0 Å². The van der Waals surface area contributed by atoms with Gasteiger partial charge in [-0.2, -0.15) is 0 Å². The second kappa shape index (κ2) is 35.5. The number of rotatable bonds is 16. The molecular formula is C134H86N10. The van der Waals surface area contributed by atoms with Gasteiger partial charge >= 0.3 is 0 Å². The van der Waals surface area contributed by atoms with E-state index in [0.29, 0.717) is 17.5 Å². The molecule has 0 spiro atoms. The third-order valence-corrected chi connectivity index (χ3v) is 28.2. The highest BCUT2D eigenvalue weighted by atomic mass is 15.0. The number of aromatic nitrogens is 10. The molecule has 28 aromatic rings. The van der Waals surface area contributed by atoms with Crippen molar-refractivity contribution in [1.29, 1.82) is 0 Å². The van der Waals surface area contributed by atoms with Gasteiger partial charge in [-0.25, -0.2) is 29.9 Å². The SMILES string of the molecule is c1ccc(-c2cc(-c3ccc(-c4cc(-c5ccc6c(c5)c5ccccc5n6-c5ccccc5)nc5ccc(-c6ccc7c(c6)c6ccccc6n7-c6ccccc6)cc45)cc3)cc(-c3ccccc3)n2)cc1.c1ccc(-c2nc(-c3ccccc3)nc(-c3cccc(-c4cc(-c5ccc6c(c5)c5ccccc5n6-c5ccccc5)nc5ccc(-c6ccc7c(c6)c6ccccc6n7-c6ccccc6)cc45)c3)n2)cc1. The van der Waals surface area contributed by atoms with Crippen LogP contribution in [0.2, 0.25) is 0 Å². The number of nitrogens with zero attached hydrogens (tertiary/aromatic N) is 10. The minimum Gasteiger partial charge on any atom is -0.309 e. The molecule has 10 nitrogen and oxygen atoms in total. The van der Waals surface area contributed by atoms with Crippen molar-refractivity contribution in [2.45, 2.75) is 0 Å². The molecule has 0 aliphatic heterocycles. The summed E-state index contributed by atoms with van der Waals surface area (Å²) in [6.07, 6.45) is 0. The maximum atomic E-state index is 5.47. The van der Waals surface area contributed by atoms with Crippen molar-refractivity contribution in [2.24, 2.45) is 0 Å². The van der Waals surface area contributed by atoms with Crippen LogP contribution in [-0.4, -0.2) is 48.2 Å². The van der Waals surface area contributed by atoms with Crippen molar-refractivity contribution in [2.75, 3.05) is 0 Å². The summed E-state index contributed by atoms with van der Waals surface area (Å²) >= 11 is 0. The van der Waals surface area contributed by atoms with Gasteiger partial charge in [0.25, 0.3) is 0 Å². The number of hydrogen-bond donors (Lipinski definition) is 0. The number of fused-ring (bicyclic) bond motifs is 14. The van der Waals surface area contributed by atoms with Crippen LogP contribution in [0.25, 0.3) is 267 Å². The summed E-state index contributed by atoms with van der Waals surface area (Å²) in [6.45, 7) is 0. The van der Waals surface area contributed by atoms with Crippen LogP contribution in [0.15, 0.2) is 522 Å². The van der Waals surface area contributed by atoms with Crippen LogP contribution >= 0.6 is 0 Å².